The minimum Gasteiger partial charge on any atom is -0.478 e. The van der Waals surface area contributed by atoms with Crippen molar-refractivity contribution in [1.29, 1.82) is 0 Å². The maximum absolute atomic E-state index is 11.7. The van der Waals surface area contributed by atoms with Crippen molar-refractivity contribution in [1.82, 2.24) is 10.6 Å². The molecular formula is C40H48Ar3N2O7. The van der Waals surface area contributed by atoms with Gasteiger partial charge in [0.1, 0.15) is 0 Å². The summed E-state index contributed by atoms with van der Waals surface area (Å²) in [6.45, 7) is 1.13. The molecule has 284 valence electrons. The minimum atomic E-state index is -0.879. The average Bonchev–Trinajstić information content (AvgIpc) is 3.17. The SMILES string of the molecule is CO.COC.COC.O=C(NCc1ccccc1)c1ccccc1.O=C(NCc1ccccc1)c1ccccc1.O=C(O)c1ccccc1.[Ar].[Ar].[Ar]. The van der Waals surface area contributed by atoms with Crippen molar-refractivity contribution in [2.75, 3.05) is 35.5 Å². The number of nitrogens with one attached hydrogen (secondary N) is 2. The van der Waals surface area contributed by atoms with Gasteiger partial charge in [-0.05, 0) is 47.5 Å². The third kappa shape index (κ3) is 29.6. The Labute approximate surface area is 398 Å². The zero-order valence-electron chi connectivity index (χ0n) is 29.8. The molecule has 0 aliphatic rings. The number of rotatable bonds is 7. The Morgan fingerprint density at radius 1 is 0.442 bits per heavy atom. The van der Waals surface area contributed by atoms with Gasteiger partial charge in [-0.25, -0.2) is 4.79 Å². The fraction of sp³-hybridized carbons (Fsp3) is 0.175. The number of ether oxygens (including phenoxy) is 2. The van der Waals surface area contributed by atoms with Crippen molar-refractivity contribution in [2.45, 2.75) is 13.1 Å². The molecule has 5 aromatic carbocycles. The van der Waals surface area contributed by atoms with Crippen molar-refractivity contribution < 1.29 is 147 Å². The van der Waals surface area contributed by atoms with E-state index in [1.807, 2.05) is 97.1 Å². The predicted molar refractivity (Wildman–Crippen MR) is 196 cm³/mol. The van der Waals surface area contributed by atoms with Crippen LogP contribution < -0.4 is 10.6 Å². The largest absolute Gasteiger partial charge is 0.478 e. The van der Waals surface area contributed by atoms with Crippen LogP contribution in [0.4, 0.5) is 0 Å². The van der Waals surface area contributed by atoms with E-state index in [4.69, 9.17) is 10.2 Å². The molecule has 5 rings (SSSR count). The van der Waals surface area contributed by atoms with E-state index >= 15 is 0 Å². The molecule has 0 radical (unpaired) electrons. The molecule has 2 amide bonds. The normalized spacial score (nSPS) is 8.35. The van der Waals surface area contributed by atoms with E-state index in [0.29, 0.717) is 29.8 Å². The number of aromatic carboxylic acids is 1. The topological polar surface area (TPSA) is 134 Å². The van der Waals surface area contributed by atoms with Crippen LogP contribution in [0, 0.1) is 113 Å². The van der Waals surface area contributed by atoms with E-state index in [0.717, 1.165) is 18.2 Å². The third-order valence-corrected chi connectivity index (χ3v) is 5.68. The summed E-state index contributed by atoms with van der Waals surface area (Å²) < 4.78 is 8.50. The minimum absolute atomic E-state index is 0. The van der Waals surface area contributed by atoms with Gasteiger partial charge in [0.15, 0.2) is 0 Å². The molecule has 0 aliphatic carbocycles. The standard InChI is InChI=1S/2C14H13NO.C7H6O2.2C2H6O.CH4O.3Ar/c2*16-14(13-9-5-2-6-10-13)15-11-12-7-3-1-4-8-12;8-7(9)6-4-2-1-3-5-6;2*1-3-2;1-2;;;/h2*1-10H,11H2,(H,15,16);1-5H,(H,8,9);2*1-2H3;2H,1H3;;;. The molecule has 4 N–H and O–H groups in total. The maximum Gasteiger partial charge on any atom is 0.335 e. The summed E-state index contributed by atoms with van der Waals surface area (Å²) in [5.41, 5.74) is 3.92. The van der Waals surface area contributed by atoms with Crippen LogP contribution >= 0.6 is 0 Å². The number of carbonyl (C=O) groups excluding carboxylic acids is 2. The summed E-state index contributed by atoms with van der Waals surface area (Å²) in [4.78, 5) is 33.6. The molecule has 52 heavy (non-hydrogen) atoms. The van der Waals surface area contributed by atoms with Crippen LogP contribution in [0.15, 0.2) is 152 Å². The number of carboxylic acids is 1. The van der Waals surface area contributed by atoms with Gasteiger partial charge in [-0.2, -0.15) is 0 Å². The van der Waals surface area contributed by atoms with Crippen LogP contribution in [0.25, 0.3) is 0 Å². The number of benzene rings is 5. The Morgan fingerprint density at radius 3 is 0.865 bits per heavy atom. The van der Waals surface area contributed by atoms with Crippen LogP contribution in [-0.4, -0.2) is 63.5 Å². The summed E-state index contributed by atoms with van der Waals surface area (Å²) in [6.07, 6.45) is 0. The number of aliphatic hydroxyl groups excluding tert-OH is 1. The van der Waals surface area contributed by atoms with Crippen LogP contribution in [0.1, 0.15) is 42.2 Å². The van der Waals surface area contributed by atoms with Crippen LogP contribution in [0.5, 0.6) is 0 Å². The maximum atomic E-state index is 11.7. The molecule has 0 saturated carbocycles. The number of carboxylic acid groups (broad SMARTS) is 1. The van der Waals surface area contributed by atoms with E-state index in [1.165, 1.54) is 0 Å². The van der Waals surface area contributed by atoms with Crippen molar-refractivity contribution in [3.8, 4) is 0 Å². The zero-order valence-corrected chi connectivity index (χ0v) is 32.0. The number of aliphatic hydroxyl groups is 1. The van der Waals surface area contributed by atoms with Crippen LogP contribution in [-0.2, 0) is 22.6 Å². The fourth-order valence-electron chi connectivity index (χ4n) is 3.52. The molecule has 0 atom stereocenters. The van der Waals surface area contributed by atoms with E-state index in [-0.39, 0.29) is 125 Å². The van der Waals surface area contributed by atoms with Crippen molar-refractivity contribution >= 4 is 17.8 Å². The average molecular weight is 789 g/mol. The third-order valence-electron chi connectivity index (χ3n) is 5.68. The number of hydrogen-bond acceptors (Lipinski definition) is 6. The molecule has 0 bridgehead atoms. The van der Waals surface area contributed by atoms with Crippen molar-refractivity contribution in [3.05, 3.63) is 179 Å². The first-order chi connectivity index (χ1) is 23.9. The molecule has 0 unspecified atom stereocenters. The Bertz CT molecular complexity index is 1430. The molecule has 12 heteroatoms. The van der Waals surface area contributed by atoms with E-state index in [1.54, 1.807) is 83.0 Å². The molecule has 0 aliphatic heterocycles. The van der Waals surface area contributed by atoms with E-state index < -0.39 is 5.97 Å². The number of carbonyl (C=O) groups is 3. The predicted octanol–water partition coefficient (Wildman–Crippen LogP) is 6.75. The van der Waals surface area contributed by atoms with E-state index in [9.17, 15) is 14.4 Å². The van der Waals surface area contributed by atoms with Gasteiger partial charge in [0.25, 0.3) is 11.8 Å². The van der Waals surface area contributed by atoms with E-state index in [2.05, 4.69) is 20.1 Å². The van der Waals surface area contributed by atoms with Gasteiger partial charge >= 0.3 is 5.97 Å². The Hall–Kier alpha value is -1.83. The second-order valence-electron chi connectivity index (χ2n) is 9.56. The van der Waals surface area contributed by atoms with Crippen molar-refractivity contribution in [2.24, 2.45) is 0 Å². The number of amides is 2. The van der Waals surface area contributed by atoms with Gasteiger partial charge < -0.3 is 30.3 Å². The summed E-state index contributed by atoms with van der Waals surface area (Å²) in [7, 11) is 7.50. The fourth-order valence-corrected chi connectivity index (χ4v) is 3.52. The summed E-state index contributed by atoms with van der Waals surface area (Å²) in [5, 5.41) is 21.1. The van der Waals surface area contributed by atoms with Gasteiger partial charge in [-0.3, -0.25) is 9.59 Å². The smallest absolute Gasteiger partial charge is 0.335 e. The molecule has 0 heterocycles. The molecule has 0 saturated heterocycles. The number of methoxy groups -OCH3 is 2. The monoisotopic (exact) mass is 788 g/mol. The summed E-state index contributed by atoms with van der Waals surface area (Å²) in [5.74, 6) is -0.954. The first-order valence-corrected chi connectivity index (χ1v) is 15.1. The Morgan fingerprint density at radius 2 is 0.654 bits per heavy atom. The second-order valence-corrected chi connectivity index (χ2v) is 9.56. The first-order valence-electron chi connectivity index (χ1n) is 15.1. The van der Waals surface area contributed by atoms with Gasteiger partial charge in [-0.15, -0.1) is 0 Å². The quantitative estimate of drug-likeness (QED) is 0.143. The summed E-state index contributed by atoms with van der Waals surface area (Å²) in [6, 6.07) is 46.5. The van der Waals surface area contributed by atoms with Crippen LogP contribution in [0.2, 0.25) is 0 Å². The van der Waals surface area contributed by atoms with Gasteiger partial charge in [0.2, 0.25) is 0 Å². The van der Waals surface area contributed by atoms with Crippen molar-refractivity contribution in [3.63, 3.8) is 0 Å². The first kappa shape index (κ1) is 56.9. The second kappa shape index (κ2) is 40.4. The molecule has 5 aromatic rings. The Balaban J connectivity index is -0.000000301. The molecule has 0 fully saturated rings. The number of hydrogen-bond donors (Lipinski definition) is 4. The molecule has 9 nitrogen and oxygen atoms in total. The zero-order chi connectivity index (χ0) is 36.5. The Kier molecular flexibility index (Phi) is 44.2. The molecule has 0 spiro atoms. The summed E-state index contributed by atoms with van der Waals surface area (Å²) >= 11 is 0. The van der Waals surface area contributed by atoms with Crippen LogP contribution in [0.3, 0.4) is 0 Å². The van der Waals surface area contributed by atoms with Gasteiger partial charge in [-0.1, -0.05) is 115 Å². The van der Waals surface area contributed by atoms with Gasteiger partial charge in [0.05, 0.1) is 5.56 Å². The molecule has 0 aromatic heterocycles. The molecular weight excluding hydrogens is 740 g/mol. The van der Waals surface area contributed by atoms with Gasteiger partial charge in [0, 0.05) is 173 Å².